The molecule has 180 valence electrons. The number of esters is 2. The summed E-state index contributed by atoms with van der Waals surface area (Å²) in [5, 5.41) is 21.2. The van der Waals surface area contributed by atoms with Crippen LogP contribution in [0.5, 0.6) is 0 Å². The lowest BCUT2D eigenvalue weighted by molar-refractivity contribution is -0.199. The summed E-state index contributed by atoms with van der Waals surface area (Å²) in [6.07, 6.45) is -2.89. The molecule has 0 aromatic heterocycles. The van der Waals surface area contributed by atoms with Crippen LogP contribution in [0.25, 0.3) is 0 Å². The van der Waals surface area contributed by atoms with E-state index in [1.165, 1.54) is 0 Å². The Morgan fingerprint density at radius 1 is 0.742 bits per heavy atom. The minimum Gasteiger partial charge on any atom is -0.457 e. The van der Waals surface area contributed by atoms with E-state index in [1.807, 2.05) is 69.5 Å². The van der Waals surface area contributed by atoms with Crippen molar-refractivity contribution >= 4 is 11.9 Å². The maximum atomic E-state index is 12.5. The van der Waals surface area contributed by atoms with Gasteiger partial charge in [-0.2, -0.15) is 0 Å². The van der Waals surface area contributed by atoms with E-state index in [1.54, 1.807) is 0 Å². The van der Waals surface area contributed by atoms with Crippen molar-refractivity contribution in [2.24, 2.45) is 0 Å². The number of hydrogen-bond acceptors (Lipinski definition) is 8. The average molecular weight is 443 g/mol. The fourth-order valence-corrected chi connectivity index (χ4v) is 5.32. The second-order valence-electron chi connectivity index (χ2n) is 11.6. The highest BCUT2D eigenvalue weighted by Crippen LogP contribution is 2.40. The molecule has 0 saturated carbocycles. The van der Waals surface area contributed by atoms with Crippen LogP contribution < -0.4 is 0 Å². The van der Waals surface area contributed by atoms with Crippen LogP contribution in [0.2, 0.25) is 0 Å². The molecule has 0 radical (unpaired) electrons. The summed E-state index contributed by atoms with van der Waals surface area (Å²) in [6, 6.07) is 0. The fraction of sp³-hybridized carbons (Fsp3) is 0.913. The number of rotatable bonds is 4. The monoisotopic (exact) mass is 442 g/mol. The normalized spacial score (nSPS) is 34.7. The highest BCUT2D eigenvalue weighted by Gasteiger charge is 2.53. The van der Waals surface area contributed by atoms with Crippen LogP contribution in [-0.2, 0) is 19.1 Å². The second-order valence-corrected chi connectivity index (χ2v) is 11.6. The van der Waals surface area contributed by atoms with Gasteiger partial charge in [0.1, 0.15) is 18.6 Å². The summed E-state index contributed by atoms with van der Waals surface area (Å²) in [7, 11) is 3.87. The Kier molecular flexibility index (Phi) is 6.96. The first-order chi connectivity index (χ1) is 13.8. The molecule has 2 fully saturated rings. The van der Waals surface area contributed by atoms with E-state index in [9.17, 15) is 19.8 Å². The predicted octanol–water partition coefficient (Wildman–Crippen LogP) is 1.71. The molecule has 4 unspecified atom stereocenters. The van der Waals surface area contributed by atoms with Gasteiger partial charge in [0.15, 0.2) is 0 Å². The summed E-state index contributed by atoms with van der Waals surface area (Å²) in [4.78, 5) is 29.3. The third kappa shape index (κ3) is 4.92. The molecular weight excluding hydrogens is 400 g/mol. The maximum absolute atomic E-state index is 12.5. The molecule has 0 amide bonds. The van der Waals surface area contributed by atoms with E-state index in [-0.39, 0.29) is 11.1 Å². The van der Waals surface area contributed by atoms with Crippen LogP contribution in [0.3, 0.4) is 0 Å². The van der Waals surface area contributed by atoms with Crippen molar-refractivity contribution in [3.8, 4) is 0 Å². The van der Waals surface area contributed by atoms with Crippen molar-refractivity contribution < 1.29 is 29.3 Å². The largest absolute Gasteiger partial charge is 0.457 e. The molecule has 2 rings (SSSR count). The molecule has 4 atom stereocenters. The summed E-state index contributed by atoms with van der Waals surface area (Å²) >= 11 is 0. The van der Waals surface area contributed by atoms with Gasteiger partial charge in [-0.1, -0.05) is 0 Å². The Labute approximate surface area is 186 Å². The molecule has 0 spiro atoms. The Morgan fingerprint density at radius 3 is 1.32 bits per heavy atom. The minimum atomic E-state index is -0.837. The number of hydrogen-bond donors (Lipinski definition) is 2. The molecule has 2 saturated heterocycles. The van der Waals surface area contributed by atoms with E-state index < -0.39 is 53.9 Å². The van der Waals surface area contributed by atoms with Crippen LogP contribution >= 0.6 is 0 Å². The van der Waals surface area contributed by atoms with Crippen LogP contribution in [0.4, 0.5) is 0 Å². The second kappa shape index (κ2) is 8.28. The van der Waals surface area contributed by atoms with E-state index >= 15 is 0 Å². The predicted molar refractivity (Wildman–Crippen MR) is 117 cm³/mol. The molecule has 2 heterocycles. The molecule has 2 aliphatic heterocycles. The lowest BCUT2D eigenvalue weighted by Crippen LogP contribution is -2.68. The van der Waals surface area contributed by atoms with Crippen molar-refractivity contribution in [3.63, 3.8) is 0 Å². The van der Waals surface area contributed by atoms with Crippen molar-refractivity contribution in [1.29, 1.82) is 0 Å². The molecular formula is C23H42N2O6. The molecule has 8 nitrogen and oxygen atoms in total. The maximum Gasteiger partial charge on any atom is 0.317 e. The van der Waals surface area contributed by atoms with E-state index in [0.29, 0.717) is 12.8 Å². The van der Waals surface area contributed by atoms with Crippen molar-refractivity contribution in [1.82, 2.24) is 9.80 Å². The van der Waals surface area contributed by atoms with Crippen LogP contribution in [-0.4, -0.2) is 92.6 Å². The number of likely N-dealkylation sites (tertiary alicyclic amines) is 2. The van der Waals surface area contributed by atoms with Gasteiger partial charge in [-0.25, -0.2) is 0 Å². The van der Waals surface area contributed by atoms with Gasteiger partial charge in [-0.05, 0) is 82.3 Å². The van der Waals surface area contributed by atoms with Crippen molar-refractivity contribution in [3.05, 3.63) is 0 Å². The minimum absolute atomic E-state index is 0.257. The molecule has 0 aliphatic carbocycles. The van der Waals surface area contributed by atoms with E-state index in [0.717, 1.165) is 0 Å². The third-order valence-electron chi connectivity index (χ3n) is 7.86. The summed E-state index contributed by atoms with van der Waals surface area (Å²) < 4.78 is 11.1. The number of carbonyl (C=O) groups is 2. The van der Waals surface area contributed by atoms with Gasteiger partial charge in [0.25, 0.3) is 0 Å². The first-order valence-corrected chi connectivity index (χ1v) is 11.1. The topological polar surface area (TPSA) is 99.5 Å². The number of likely N-dealkylation sites (N-methyl/N-ethyl adjacent to an activating group) is 2. The van der Waals surface area contributed by atoms with Crippen LogP contribution in [0.15, 0.2) is 0 Å². The number of aliphatic hydroxyl groups excluding tert-OH is 2. The summed E-state index contributed by atoms with van der Waals surface area (Å²) in [5.41, 5.74) is -1.74. The zero-order valence-electron chi connectivity index (χ0n) is 20.9. The van der Waals surface area contributed by atoms with Gasteiger partial charge in [0, 0.05) is 11.1 Å². The highest BCUT2D eigenvalue weighted by molar-refractivity contribution is 5.91. The van der Waals surface area contributed by atoms with Gasteiger partial charge in [0.2, 0.25) is 0 Å². The molecule has 31 heavy (non-hydrogen) atoms. The Bertz CT molecular complexity index is 644. The lowest BCUT2D eigenvalue weighted by Gasteiger charge is -2.56. The molecule has 0 aromatic carbocycles. The number of carbonyl (C=O) groups excluding carboxylic acids is 2. The number of piperidine rings is 2. The first-order valence-electron chi connectivity index (χ1n) is 11.1. The van der Waals surface area contributed by atoms with Gasteiger partial charge in [-0.15, -0.1) is 0 Å². The van der Waals surface area contributed by atoms with Crippen LogP contribution in [0, 0.1) is 0 Å². The number of ether oxygens (including phenoxy) is 2. The van der Waals surface area contributed by atoms with Gasteiger partial charge in [-0.3, -0.25) is 19.4 Å². The Hall–Kier alpha value is -1.22. The fourth-order valence-electron chi connectivity index (χ4n) is 5.32. The summed E-state index contributed by atoms with van der Waals surface area (Å²) in [5.74, 6) is -1.49. The highest BCUT2D eigenvalue weighted by atomic mass is 16.6. The molecule has 2 aliphatic rings. The number of nitrogens with zero attached hydrogens (tertiary/aromatic N) is 2. The first kappa shape index (κ1) is 26.0. The Morgan fingerprint density at radius 2 is 1.03 bits per heavy atom. The average Bonchev–Trinajstić information content (AvgIpc) is 2.59. The third-order valence-corrected chi connectivity index (χ3v) is 7.86. The molecule has 2 N–H and O–H groups in total. The van der Waals surface area contributed by atoms with Gasteiger partial charge >= 0.3 is 11.9 Å². The lowest BCUT2D eigenvalue weighted by atomic mass is 9.76. The van der Waals surface area contributed by atoms with Gasteiger partial charge < -0.3 is 19.7 Å². The molecule has 8 heteroatoms. The smallest absolute Gasteiger partial charge is 0.317 e. The Balaban J connectivity index is 2.04. The van der Waals surface area contributed by atoms with Crippen LogP contribution in [0.1, 0.15) is 74.7 Å². The zero-order chi connectivity index (χ0) is 24.2. The SMILES string of the molecule is CN1C(C)(C)CC(O)C(OC(=O)CC(=O)OC2C(O)CC(C)(C)N(C)C2(C)C)C1(C)C. The van der Waals surface area contributed by atoms with Gasteiger partial charge in [0.05, 0.1) is 23.3 Å². The zero-order valence-corrected chi connectivity index (χ0v) is 20.9. The molecule has 0 aromatic rings. The molecule has 0 bridgehead atoms. The number of aliphatic hydroxyl groups is 2. The van der Waals surface area contributed by atoms with E-state index in [2.05, 4.69) is 9.80 Å². The van der Waals surface area contributed by atoms with E-state index in [4.69, 9.17) is 9.47 Å². The standard InChI is InChI=1S/C23H42N2O6/c1-20(2)12-14(26)18(22(5,6)24(20)9)30-16(28)11-17(29)31-19-15(27)13-21(3,4)25(10)23(19,7)8/h14-15,18-19,26-27H,11-13H2,1-10H3. The summed E-state index contributed by atoms with van der Waals surface area (Å²) in [6.45, 7) is 15.8. The van der Waals surface area contributed by atoms with Crippen molar-refractivity contribution in [2.75, 3.05) is 14.1 Å². The van der Waals surface area contributed by atoms with Crippen molar-refractivity contribution in [2.45, 2.75) is 121 Å². The quantitative estimate of drug-likeness (QED) is 0.501.